The van der Waals surface area contributed by atoms with Gasteiger partial charge in [-0.2, -0.15) is 50.9 Å². The van der Waals surface area contributed by atoms with Crippen molar-refractivity contribution in [3.8, 4) is 23.1 Å². The number of hydrogen-bond donors (Lipinski definition) is 10. The summed E-state index contributed by atoms with van der Waals surface area (Å²) in [6.07, 6.45) is 4.16. The molecule has 14 N–H and O–H groups in total. The summed E-state index contributed by atoms with van der Waals surface area (Å²) < 4.78 is 59.9. The van der Waals surface area contributed by atoms with Crippen molar-refractivity contribution in [3.05, 3.63) is 422 Å². The number of aromatic carboxylic acids is 1. The number of benzene rings is 11. The van der Waals surface area contributed by atoms with Crippen molar-refractivity contribution in [2.24, 2.45) is 29.0 Å². The van der Waals surface area contributed by atoms with Gasteiger partial charge in [-0.3, -0.25) is 14.4 Å². The van der Waals surface area contributed by atoms with Crippen LogP contribution in [0.25, 0.3) is 26.8 Å². The molecule has 11 aromatic carbocycles. The maximum Gasteiger partial charge on any atom is 2.00 e. The van der Waals surface area contributed by atoms with Crippen LogP contribution in [-0.2, 0) is 19.1 Å². The first-order valence-electron chi connectivity index (χ1n) is 44.8. The Bertz CT molecular complexity index is 6470. The molecule has 2 saturated carbocycles. The van der Waals surface area contributed by atoms with Crippen LogP contribution in [0.3, 0.4) is 0 Å². The third kappa shape index (κ3) is 39.1. The van der Waals surface area contributed by atoms with E-state index in [0.717, 1.165) is 54.5 Å². The van der Waals surface area contributed by atoms with Crippen LogP contribution in [0.4, 0.5) is 46.0 Å². The standard InChI is InChI=1S/C30H27FN4O.C25H19FN4O2.C13H12FNO.C12H9N3O2.C12H22NSi2.C7H5FO.C4H13N3.C4H9N.BrH.2ClH.Mg.Ni/c1-20-14-28(35(34-20)27-11-5-10-26(18-27)32-2)29(36)16-22-6-3-7-23(15-22)30(33-19-21-12-13-21)24-8-4-9-25(31)17-24;1-16-12-23(30(29-16)22-11-5-9-20(15-22)27-2)25(32)28-21-10-4-7-18(14-21)24(31)17-6-3-8-19(26)13-17;14-11-5-1-3-9(7-11)13(16)10-4-2-6-12(15)8-10;1-8-5-11(12(16)17)15(14-8)10-4-2-3-9(6-10)7-13;1-14(2,3)13(15(4,5)6)12-10-8-7-9-11-12;8-7-3-1-2-6(4-7)5-9;5-1-3-7-4-2-6;5-3-4-1-2-4;;;;;/h3-11,14-15,17-18,21,30,33H,12-13,16,19H2,1H3;3-15,24,31H,1H3,(H,28,32);1-8,13,16H,15H2;2-6H,1H3,(H,16,17);7-8,10-11H,1-6H3;1-5H;7H,1-6H2;4H,1-3,5H2;3*1H;;/q;;;;-1;;;;;;;2*+2/p-3. The molecular formula is C107H116BrCl2F4MgN17NiO7Si2. The topological polar surface area (TPSA) is 358 Å². The number of aldehydes is 1. The van der Waals surface area contributed by atoms with Crippen molar-refractivity contribution < 1.29 is 81.7 Å². The summed E-state index contributed by atoms with van der Waals surface area (Å²) >= 11 is 0.569. The molecule has 2 aliphatic carbocycles. The van der Waals surface area contributed by atoms with Gasteiger partial charge in [0.25, 0.3) is 5.91 Å². The summed E-state index contributed by atoms with van der Waals surface area (Å²) in [5.41, 5.74) is 35.0. The largest absolute Gasteiger partial charge is 2.00 e. The SMILES string of the molecule is C[Si](C)(C)N(c1c[c-]ccc1)[Si](C)(C)C.Cc1cc(C(=O)O)n(-c2cccc(C#N)c2)n1.NCC1CC1.NCCNCCN.Nc1cccc(C(O)c2cccc(F)c2)c1.O=Cc1cccc(F)c1.[Br-].[C-]#[N+]c1cccc(-n2nc(C)cc2C(=O)Cc2cccc(C(NCC3CC3)c3cccc(F)c3)c2)c1.[C-]#[N+]c1cccc(-n2nc(C)cc2C(=O)Nc2cccc(C(O)c3cccc(F)c3)c2)c1.[Cl][Ni][Cl].[Mg+2]. The molecule has 740 valence electrons. The van der Waals surface area contributed by atoms with Crippen LogP contribution in [0, 0.1) is 86.4 Å². The molecule has 1 amide bonds. The third-order valence-corrected chi connectivity index (χ3v) is 28.2. The number of carbonyl (C=O) groups excluding carboxylic acids is 3. The quantitative estimate of drug-likeness (QED) is 0.00435. The van der Waals surface area contributed by atoms with E-state index in [0.29, 0.717) is 134 Å². The second-order valence-corrected chi connectivity index (χ2v) is 46.1. The maximum atomic E-state index is 14.0. The number of aryl methyl sites for hydroxylation is 3. The number of carboxylic acids is 1. The van der Waals surface area contributed by atoms with E-state index in [9.17, 15) is 47.0 Å². The number of Topliss-reactive ketones (excluding diaryl/α,β-unsaturated/α-hetero) is 1. The van der Waals surface area contributed by atoms with E-state index in [1.165, 1.54) is 101 Å². The third-order valence-electron chi connectivity index (χ3n) is 21.0. The van der Waals surface area contributed by atoms with Gasteiger partial charge in [0, 0.05) is 49.5 Å². The second-order valence-electron chi connectivity index (χ2n) is 34.5. The van der Waals surface area contributed by atoms with Crippen molar-refractivity contribution in [1.29, 1.82) is 5.26 Å². The molecule has 35 heteroatoms. The number of carboxylic acid groups (broad SMARTS) is 1. The fourth-order valence-electron chi connectivity index (χ4n) is 14.6. The summed E-state index contributed by atoms with van der Waals surface area (Å²) in [6, 6.07) is 84.4. The van der Waals surface area contributed by atoms with E-state index < -0.39 is 46.4 Å². The smallest absolute Gasteiger partial charge is 2.00 e. The number of aliphatic hydroxyl groups is 2. The zero-order valence-electron chi connectivity index (χ0n) is 80.3. The molecule has 142 heavy (non-hydrogen) atoms. The predicted octanol–water partition coefficient (Wildman–Crippen LogP) is 18.3. The van der Waals surface area contributed by atoms with Crippen LogP contribution in [0.2, 0.25) is 39.3 Å². The Balaban J connectivity index is 0.000000264. The van der Waals surface area contributed by atoms with E-state index >= 15 is 0 Å². The van der Waals surface area contributed by atoms with Gasteiger partial charge < -0.3 is 75.4 Å². The number of anilines is 3. The van der Waals surface area contributed by atoms with Crippen molar-refractivity contribution in [2.75, 3.05) is 54.6 Å². The molecule has 3 aromatic heterocycles. The number of amides is 1. The van der Waals surface area contributed by atoms with Crippen LogP contribution in [-0.4, -0.2) is 147 Å². The van der Waals surface area contributed by atoms with Gasteiger partial charge in [0.05, 0.1) is 65.0 Å². The first-order valence-corrected chi connectivity index (χ1v) is 54.4. The summed E-state index contributed by atoms with van der Waals surface area (Å²) in [5.74, 6) is -1.34. The molecule has 0 aliphatic heterocycles. The number of nitrogens with two attached hydrogens (primary N) is 4. The number of rotatable bonds is 27. The molecule has 0 radical (unpaired) electrons. The van der Waals surface area contributed by atoms with E-state index in [1.54, 1.807) is 182 Å². The minimum Gasteiger partial charge on any atom is 2.00 e. The molecule has 2 fully saturated rings. The Labute approximate surface area is 871 Å². The fourth-order valence-corrected chi connectivity index (χ4v) is 24.5. The Kier molecular flexibility index (Phi) is 50.1. The van der Waals surface area contributed by atoms with Crippen molar-refractivity contribution in [3.63, 3.8) is 0 Å². The molecule has 3 heterocycles. The maximum absolute atomic E-state index is 14.0. The number of nitrogens with one attached hydrogen (secondary N) is 3. The Morgan fingerprint density at radius 2 is 0.993 bits per heavy atom. The van der Waals surface area contributed by atoms with Crippen LogP contribution < -0.4 is 60.1 Å². The molecule has 14 aromatic rings. The molecule has 0 saturated heterocycles. The Hall–Kier alpha value is -12.4. The number of nitriles is 1. The number of ketones is 1. The predicted molar refractivity (Wildman–Crippen MR) is 555 cm³/mol. The zero-order valence-corrected chi connectivity index (χ0v) is 87.8. The van der Waals surface area contributed by atoms with E-state index in [1.807, 2.05) is 55.5 Å². The number of aliphatic hydroxyl groups excluding tert-OH is 2. The first-order chi connectivity index (χ1) is 67.0. The molecule has 2 aliphatic rings. The Morgan fingerprint density at radius 3 is 1.44 bits per heavy atom. The van der Waals surface area contributed by atoms with Crippen molar-refractivity contribution >= 4 is 112 Å². The summed E-state index contributed by atoms with van der Waals surface area (Å²) in [5, 5.41) is 60.9. The van der Waals surface area contributed by atoms with Crippen LogP contribution in [0.5, 0.6) is 0 Å². The fraction of sp³-hybridized carbons (Fsp3) is 0.234. The molecule has 16 rings (SSSR count). The van der Waals surface area contributed by atoms with Gasteiger partial charge in [-0.25, -0.2) is 46.1 Å². The minimum atomic E-state index is -1.29. The molecule has 3 atom stereocenters. The van der Waals surface area contributed by atoms with Crippen molar-refractivity contribution in [2.45, 2.75) is 110 Å². The van der Waals surface area contributed by atoms with Gasteiger partial charge in [-0.1, -0.05) is 172 Å². The number of halogens is 7. The number of carbonyl (C=O) groups is 4. The molecule has 24 nitrogen and oxygen atoms in total. The van der Waals surface area contributed by atoms with Crippen LogP contribution >= 0.6 is 20.4 Å². The monoisotopic (exact) mass is 2110 g/mol. The summed E-state index contributed by atoms with van der Waals surface area (Å²) in [6.45, 7) is 39.2. The normalized spacial score (nSPS) is 12.0. The average Bonchev–Trinajstić information content (AvgIpc) is 1.67. The average molecular weight is 2120 g/mol. The van der Waals surface area contributed by atoms with E-state index in [2.05, 4.69) is 109 Å². The number of hydrogen-bond acceptors (Lipinski definition) is 17. The summed E-state index contributed by atoms with van der Waals surface area (Å²) in [7, 11) is 6.83. The first kappa shape index (κ1) is 118. The van der Waals surface area contributed by atoms with Gasteiger partial charge in [-0.15, -0.1) is 0 Å². The molecule has 3 unspecified atom stereocenters. The number of nitrogen functional groups attached to an aromatic ring is 1. The van der Waals surface area contributed by atoms with Crippen molar-refractivity contribution in [1.82, 2.24) is 40.0 Å². The second kappa shape index (κ2) is 60.1. The molecule has 0 bridgehead atoms. The molecule has 0 spiro atoms. The van der Waals surface area contributed by atoms with Gasteiger partial charge >= 0.3 is 62.1 Å². The molecular weight excluding hydrogens is 2000 g/mol. The number of aromatic nitrogens is 6. The van der Waals surface area contributed by atoms with E-state index in [-0.39, 0.29) is 81.4 Å². The Morgan fingerprint density at radius 1 is 0.563 bits per heavy atom. The van der Waals surface area contributed by atoms with Gasteiger partial charge in [0.2, 0.25) is 0 Å². The van der Waals surface area contributed by atoms with Gasteiger partial charge in [-0.05, 0) is 244 Å². The van der Waals surface area contributed by atoms with Crippen LogP contribution in [0.15, 0.2) is 285 Å². The minimum absolute atomic E-state index is 0. The number of nitrogens with zero attached hydrogens (tertiary/aromatic N) is 10. The summed E-state index contributed by atoms with van der Waals surface area (Å²) in [4.78, 5) is 54.4. The van der Waals surface area contributed by atoms with E-state index in [4.69, 9.17) is 66.8 Å². The van der Waals surface area contributed by atoms with Gasteiger partial charge in [0.1, 0.15) is 69.6 Å². The van der Waals surface area contributed by atoms with Gasteiger partial charge in [0.15, 0.2) is 22.9 Å². The van der Waals surface area contributed by atoms with Crippen LogP contribution in [0.1, 0.15) is 147 Å². The zero-order chi connectivity index (χ0) is 102.